The first kappa shape index (κ1) is 18.1. The molecule has 1 aliphatic rings. The third kappa shape index (κ3) is 4.91. The number of aryl methyl sites for hydroxylation is 2. The van der Waals surface area contributed by atoms with Gasteiger partial charge in [-0.25, -0.2) is 9.97 Å². The zero-order chi connectivity index (χ0) is 18.4. The monoisotopic (exact) mass is 350 g/mol. The summed E-state index contributed by atoms with van der Waals surface area (Å²) in [4.78, 5) is 21.0. The third-order valence-electron chi connectivity index (χ3n) is 4.77. The van der Waals surface area contributed by atoms with Gasteiger partial charge in [0.05, 0.1) is 0 Å². The molecule has 1 aromatic heterocycles. The van der Waals surface area contributed by atoms with Crippen molar-refractivity contribution in [3.63, 3.8) is 0 Å². The van der Waals surface area contributed by atoms with E-state index in [4.69, 9.17) is 0 Å². The predicted octanol–water partition coefficient (Wildman–Crippen LogP) is 4.65. The van der Waals surface area contributed by atoms with Gasteiger partial charge in [0.15, 0.2) is 0 Å². The Morgan fingerprint density at radius 3 is 2.81 bits per heavy atom. The first-order valence-corrected chi connectivity index (χ1v) is 9.25. The molecule has 2 N–H and O–H groups in total. The number of benzene rings is 1. The zero-order valence-corrected chi connectivity index (χ0v) is 15.5. The van der Waals surface area contributed by atoms with E-state index in [1.54, 1.807) is 12.3 Å². The van der Waals surface area contributed by atoms with Crippen LogP contribution in [0, 0.1) is 13.8 Å². The first-order valence-electron chi connectivity index (χ1n) is 9.25. The maximum atomic E-state index is 12.4. The van der Waals surface area contributed by atoms with E-state index in [2.05, 4.69) is 26.7 Å². The van der Waals surface area contributed by atoms with Crippen LogP contribution in [0.5, 0.6) is 0 Å². The number of amides is 1. The maximum Gasteiger partial charge on any atom is 0.274 e. The molecule has 0 bridgehead atoms. The van der Waals surface area contributed by atoms with Crippen molar-refractivity contribution < 1.29 is 4.79 Å². The molecule has 0 saturated carbocycles. The van der Waals surface area contributed by atoms with Crippen LogP contribution in [0.15, 0.2) is 42.1 Å². The van der Waals surface area contributed by atoms with E-state index < -0.39 is 0 Å². The number of aromatic nitrogens is 2. The fourth-order valence-corrected chi connectivity index (χ4v) is 3.05. The van der Waals surface area contributed by atoms with Crippen molar-refractivity contribution in [2.24, 2.45) is 0 Å². The molecule has 1 amide bonds. The van der Waals surface area contributed by atoms with E-state index in [1.165, 1.54) is 36.8 Å². The zero-order valence-electron chi connectivity index (χ0n) is 15.5. The average Bonchev–Trinajstić information content (AvgIpc) is 2.66. The minimum absolute atomic E-state index is 0.228. The number of hydrogen-bond donors (Lipinski definition) is 2. The van der Waals surface area contributed by atoms with Gasteiger partial charge >= 0.3 is 0 Å². The summed E-state index contributed by atoms with van der Waals surface area (Å²) in [6.45, 7) is 4.86. The molecule has 0 fully saturated rings. The van der Waals surface area contributed by atoms with Crippen molar-refractivity contribution in [1.82, 2.24) is 9.97 Å². The van der Waals surface area contributed by atoms with Crippen LogP contribution in [0.4, 0.5) is 11.6 Å². The molecule has 2 aromatic rings. The third-order valence-corrected chi connectivity index (χ3v) is 4.77. The lowest BCUT2D eigenvalue weighted by Gasteiger charge is -2.13. The molecule has 0 aliphatic heterocycles. The summed E-state index contributed by atoms with van der Waals surface area (Å²) in [5.41, 5.74) is 4.98. The molecular weight excluding hydrogens is 324 g/mol. The van der Waals surface area contributed by atoms with Crippen LogP contribution < -0.4 is 10.6 Å². The van der Waals surface area contributed by atoms with E-state index in [0.717, 1.165) is 24.2 Å². The lowest BCUT2D eigenvalue weighted by atomic mass is 9.97. The van der Waals surface area contributed by atoms with Gasteiger partial charge in [0.1, 0.15) is 5.69 Å². The largest absolute Gasteiger partial charge is 0.354 e. The number of nitrogens with zero attached hydrogens (tertiary/aromatic N) is 2. The van der Waals surface area contributed by atoms with Crippen molar-refractivity contribution in [2.45, 2.75) is 46.0 Å². The van der Waals surface area contributed by atoms with Gasteiger partial charge in [0, 0.05) is 18.4 Å². The summed E-state index contributed by atoms with van der Waals surface area (Å²) < 4.78 is 0. The molecule has 1 aliphatic carbocycles. The number of allylic oxidation sites excluding steroid dienone is 1. The van der Waals surface area contributed by atoms with Crippen LogP contribution in [-0.2, 0) is 0 Å². The van der Waals surface area contributed by atoms with Crippen LogP contribution in [0.3, 0.4) is 0 Å². The highest BCUT2D eigenvalue weighted by Crippen LogP contribution is 2.20. The number of anilines is 2. The second-order valence-corrected chi connectivity index (χ2v) is 6.80. The first-order chi connectivity index (χ1) is 12.6. The molecule has 0 atom stereocenters. The second-order valence-electron chi connectivity index (χ2n) is 6.80. The molecule has 3 rings (SSSR count). The van der Waals surface area contributed by atoms with E-state index >= 15 is 0 Å². The van der Waals surface area contributed by atoms with E-state index in [0.29, 0.717) is 11.6 Å². The summed E-state index contributed by atoms with van der Waals surface area (Å²) in [7, 11) is 0. The van der Waals surface area contributed by atoms with E-state index in [1.807, 2.05) is 32.0 Å². The molecule has 0 unspecified atom stereocenters. The molecule has 1 aromatic carbocycles. The molecule has 5 nitrogen and oxygen atoms in total. The standard InChI is InChI=1S/C21H26N4O/c1-15-8-9-18(14-16(15)2)24-20(26)19-11-13-23-21(25-19)22-12-10-17-6-4-3-5-7-17/h6,8-9,11,13-14H,3-5,7,10,12H2,1-2H3,(H,24,26)(H,22,23,25). The summed E-state index contributed by atoms with van der Waals surface area (Å²) in [6, 6.07) is 7.49. The molecule has 136 valence electrons. The minimum atomic E-state index is -0.228. The van der Waals surface area contributed by atoms with Crippen molar-refractivity contribution in [1.29, 1.82) is 0 Å². The molecule has 0 saturated heterocycles. The summed E-state index contributed by atoms with van der Waals surface area (Å²) in [5, 5.41) is 6.12. The van der Waals surface area contributed by atoms with Gasteiger partial charge in [0.2, 0.25) is 5.95 Å². The maximum absolute atomic E-state index is 12.4. The van der Waals surface area contributed by atoms with Gasteiger partial charge in [-0.3, -0.25) is 4.79 Å². The van der Waals surface area contributed by atoms with Gasteiger partial charge in [-0.2, -0.15) is 0 Å². The number of carbonyl (C=O) groups excluding carboxylic acids is 1. The highest BCUT2D eigenvalue weighted by molar-refractivity contribution is 6.03. The number of carbonyl (C=O) groups is 1. The normalized spacial score (nSPS) is 13.8. The Morgan fingerprint density at radius 2 is 2.04 bits per heavy atom. The van der Waals surface area contributed by atoms with Crippen LogP contribution >= 0.6 is 0 Å². The highest BCUT2D eigenvalue weighted by atomic mass is 16.1. The van der Waals surface area contributed by atoms with Crippen molar-refractivity contribution in [3.05, 3.63) is 58.9 Å². The molecule has 26 heavy (non-hydrogen) atoms. The van der Waals surface area contributed by atoms with Gasteiger partial charge < -0.3 is 10.6 Å². The number of hydrogen-bond acceptors (Lipinski definition) is 4. The van der Waals surface area contributed by atoms with E-state index in [9.17, 15) is 4.79 Å². The quantitative estimate of drug-likeness (QED) is 0.744. The highest BCUT2D eigenvalue weighted by Gasteiger charge is 2.10. The van der Waals surface area contributed by atoms with E-state index in [-0.39, 0.29) is 5.91 Å². The van der Waals surface area contributed by atoms with Gasteiger partial charge in [-0.1, -0.05) is 17.7 Å². The van der Waals surface area contributed by atoms with Gasteiger partial charge in [0.25, 0.3) is 5.91 Å². The summed E-state index contributed by atoms with van der Waals surface area (Å²) >= 11 is 0. The number of nitrogens with one attached hydrogen (secondary N) is 2. The Bertz CT molecular complexity index is 813. The van der Waals surface area contributed by atoms with Crippen molar-refractivity contribution in [3.8, 4) is 0 Å². The van der Waals surface area contributed by atoms with Gasteiger partial charge in [-0.15, -0.1) is 0 Å². The molecule has 5 heteroatoms. The molecule has 1 heterocycles. The van der Waals surface area contributed by atoms with Crippen molar-refractivity contribution in [2.75, 3.05) is 17.2 Å². The van der Waals surface area contributed by atoms with Crippen LogP contribution in [0.25, 0.3) is 0 Å². The predicted molar refractivity (Wildman–Crippen MR) is 106 cm³/mol. The smallest absolute Gasteiger partial charge is 0.274 e. The second kappa shape index (κ2) is 8.61. The average molecular weight is 350 g/mol. The lowest BCUT2D eigenvalue weighted by Crippen LogP contribution is -2.16. The summed E-state index contributed by atoms with van der Waals surface area (Å²) in [6.07, 6.45) is 9.95. The molecule has 0 spiro atoms. The number of rotatable bonds is 6. The van der Waals surface area contributed by atoms with Gasteiger partial charge in [-0.05, 0) is 75.3 Å². The Balaban J connectivity index is 1.58. The minimum Gasteiger partial charge on any atom is -0.354 e. The fourth-order valence-electron chi connectivity index (χ4n) is 3.05. The molecule has 0 radical (unpaired) electrons. The van der Waals surface area contributed by atoms with Crippen LogP contribution in [0.2, 0.25) is 0 Å². The van der Waals surface area contributed by atoms with Crippen LogP contribution in [0.1, 0.15) is 53.7 Å². The Labute approximate surface area is 155 Å². The Hall–Kier alpha value is -2.69. The Morgan fingerprint density at radius 1 is 1.15 bits per heavy atom. The SMILES string of the molecule is Cc1ccc(NC(=O)c2ccnc(NCCC3=CCCCC3)n2)cc1C. The van der Waals surface area contributed by atoms with Crippen LogP contribution in [-0.4, -0.2) is 22.4 Å². The topological polar surface area (TPSA) is 66.9 Å². The fraction of sp³-hybridized carbons (Fsp3) is 0.381. The summed E-state index contributed by atoms with van der Waals surface area (Å²) in [5.74, 6) is 0.267. The lowest BCUT2D eigenvalue weighted by molar-refractivity contribution is 0.102. The molecular formula is C21H26N4O. The Kier molecular flexibility index (Phi) is 6.00. The van der Waals surface area contributed by atoms with Crippen molar-refractivity contribution >= 4 is 17.5 Å².